The summed E-state index contributed by atoms with van der Waals surface area (Å²) >= 11 is 0. The monoisotopic (exact) mass is 282 g/mol. The Hall–Kier alpha value is -2.51. The van der Waals surface area contributed by atoms with E-state index in [1.165, 1.54) is 0 Å². The van der Waals surface area contributed by atoms with Crippen LogP contribution >= 0.6 is 0 Å². The molecule has 2 aromatic rings. The van der Waals surface area contributed by atoms with Gasteiger partial charge in [-0.25, -0.2) is 0 Å². The van der Waals surface area contributed by atoms with Crippen molar-refractivity contribution in [3.8, 4) is 17.6 Å². The first-order valence-corrected chi connectivity index (χ1v) is 6.67. The lowest BCUT2D eigenvalue weighted by Crippen LogP contribution is -2.04. The fraction of sp³-hybridized carbons (Fsp3) is 0.235. The zero-order chi connectivity index (χ0) is 15.2. The van der Waals surface area contributed by atoms with Gasteiger partial charge in [-0.2, -0.15) is 5.26 Å². The third kappa shape index (κ3) is 3.53. The van der Waals surface area contributed by atoms with Crippen molar-refractivity contribution in [2.24, 2.45) is 5.73 Å². The van der Waals surface area contributed by atoms with Crippen molar-refractivity contribution in [2.45, 2.75) is 20.1 Å². The minimum Gasteiger partial charge on any atom is -0.497 e. The van der Waals surface area contributed by atoms with Gasteiger partial charge >= 0.3 is 0 Å². The SMILES string of the molecule is COc1ccc(CN)c(OCc2ccc(C#N)cc2C)c1. The molecule has 0 saturated carbocycles. The van der Waals surface area contributed by atoms with Crippen molar-refractivity contribution in [3.63, 3.8) is 0 Å². The number of benzene rings is 2. The van der Waals surface area contributed by atoms with Crippen molar-refractivity contribution in [1.29, 1.82) is 5.26 Å². The van der Waals surface area contributed by atoms with E-state index in [9.17, 15) is 0 Å². The Bertz CT molecular complexity index is 675. The molecule has 0 unspecified atom stereocenters. The quantitative estimate of drug-likeness (QED) is 0.915. The van der Waals surface area contributed by atoms with Gasteiger partial charge in [0.25, 0.3) is 0 Å². The second-order valence-electron chi connectivity index (χ2n) is 4.72. The summed E-state index contributed by atoms with van der Waals surface area (Å²) in [5.74, 6) is 1.46. The van der Waals surface area contributed by atoms with Gasteiger partial charge in [0.05, 0.1) is 18.7 Å². The van der Waals surface area contributed by atoms with Crippen LogP contribution < -0.4 is 15.2 Å². The molecule has 0 radical (unpaired) electrons. The molecule has 0 spiro atoms. The number of nitrogens with zero attached hydrogens (tertiary/aromatic N) is 1. The topological polar surface area (TPSA) is 68.3 Å². The Kier molecular flexibility index (Phi) is 4.81. The first-order valence-electron chi connectivity index (χ1n) is 6.67. The molecule has 2 N–H and O–H groups in total. The molecule has 0 amide bonds. The van der Waals surface area contributed by atoms with E-state index in [0.717, 1.165) is 28.2 Å². The third-order valence-corrected chi connectivity index (χ3v) is 3.35. The number of rotatable bonds is 5. The van der Waals surface area contributed by atoms with Gasteiger partial charge in [0.15, 0.2) is 0 Å². The van der Waals surface area contributed by atoms with Crippen LogP contribution in [-0.2, 0) is 13.2 Å². The molecule has 0 aromatic heterocycles. The highest BCUT2D eigenvalue weighted by Gasteiger charge is 2.06. The fourth-order valence-corrected chi connectivity index (χ4v) is 2.05. The first-order chi connectivity index (χ1) is 10.2. The van der Waals surface area contributed by atoms with Gasteiger partial charge in [-0.15, -0.1) is 0 Å². The minimum atomic E-state index is 0.408. The lowest BCUT2D eigenvalue weighted by Gasteiger charge is -2.13. The van der Waals surface area contributed by atoms with Crippen molar-refractivity contribution in [3.05, 3.63) is 58.7 Å². The highest BCUT2D eigenvalue weighted by atomic mass is 16.5. The number of nitriles is 1. The summed E-state index contributed by atoms with van der Waals surface area (Å²) in [5.41, 5.74) is 9.38. The molecule has 21 heavy (non-hydrogen) atoms. The molecule has 0 aliphatic heterocycles. The van der Waals surface area contributed by atoms with E-state index in [1.54, 1.807) is 13.2 Å². The van der Waals surface area contributed by atoms with Gasteiger partial charge in [-0.3, -0.25) is 0 Å². The maximum Gasteiger partial charge on any atom is 0.127 e. The lowest BCUT2D eigenvalue weighted by molar-refractivity contribution is 0.299. The van der Waals surface area contributed by atoms with Gasteiger partial charge in [-0.1, -0.05) is 12.1 Å². The summed E-state index contributed by atoms with van der Waals surface area (Å²) in [4.78, 5) is 0. The van der Waals surface area contributed by atoms with Crippen LogP contribution in [0.4, 0.5) is 0 Å². The Morgan fingerprint density at radius 2 is 1.90 bits per heavy atom. The van der Waals surface area contributed by atoms with Crippen LogP contribution in [0, 0.1) is 18.3 Å². The van der Waals surface area contributed by atoms with E-state index in [1.807, 2.05) is 37.3 Å². The molecule has 4 heteroatoms. The van der Waals surface area contributed by atoms with Gasteiger partial charge in [0.1, 0.15) is 18.1 Å². The predicted molar refractivity (Wildman–Crippen MR) is 81.1 cm³/mol. The van der Waals surface area contributed by atoms with Crippen LogP contribution in [-0.4, -0.2) is 7.11 Å². The molecule has 0 fully saturated rings. The number of aryl methyl sites for hydroxylation is 1. The number of hydrogen-bond donors (Lipinski definition) is 1. The second-order valence-corrected chi connectivity index (χ2v) is 4.72. The third-order valence-electron chi connectivity index (χ3n) is 3.35. The average Bonchev–Trinajstić information content (AvgIpc) is 2.53. The Balaban J connectivity index is 2.18. The zero-order valence-corrected chi connectivity index (χ0v) is 12.2. The van der Waals surface area contributed by atoms with E-state index in [2.05, 4.69) is 6.07 Å². The highest BCUT2D eigenvalue weighted by molar-refractivity contribution is 5.41. The van der Waals surface area contributed by atoms with Gasteiger partial charge in [0, 0.05) is 18.2 Å². The predicted octanol–water partition coefficient (Wildman–Crippen LogP) is 2.91. The normalized spacial score (nSPS) is 10.0. The van der Waals surface area contributed by atoms with Gasteiger partial charge in [-0.05, 0) is 36.2 Å². The van der Waals surface area contributed by atoms with Gasteiger partial charge < -0.3 is 15.2 Å². The molecule has 0 heterocycles. The summed E-state index contributed by atoms with van der Waals surface area (Å²) in [6, 6.07) is 13.3. The summed E-state index contributed by atoms with van der Waals surface area (Å²) in [7, 11) is 1.62. The molecule has 0 aliphatic carbocycles. The van der Waals surface area contributed by atoms with Crippen LogP contribution in [0.5, 0.6) is 11.5 Å². The summed E-state index contributed by atoms with van der Waals surface area (Å²) in [5, 5.41) is 8.88. The lowest BCUT2D eigenvalue weighted by atomic mass is 10.1. The second kappa shape index (κ2) is 6.78. The van der Waals surface area contributed by atoms with Crippen molar-refractivity contribution in [2.75, 3.05) is 7.11 Å². The molecule has 108 valence electrons. The van der Waals surface area contributed by atoms with E-state index >= 15 is 0 Å². The summed E-state index contributed by atoms with van der Waals surface area (Å²) in [6.07, 6.45) is 0. The van der Waals surface area contributed by atoms with Crippen LogP contribution in [0.2, 0.25) is 0 Å². The van der Waals surface area contributed by atoms with E-state index in [-0.39, 0.29) is 0 Å². The standard InChI is InChI=1S/C17H18N2O2/c1-12-7-13(9-18)3-4-15(12)11-21-17-8-16(20-2)6-5-14(17)10-19/h3-8H,10-11,19H2,1-2H3. The smallest absolute Gasteiger partial charge is 0.127 e. The Morgan fingerprint density at radius 1 is 1.14 bits per heavy atom. The van der Waals surface area contributed by atoms with E-state index in [0.29, 0.717) is 18.7 Å². The molecular formula is C17H18N2O2. The number of hydrogen-bond acceptors (Lipinski definition) is 4. The maximum atomic E-state index is 8.88. The van der Waals surface area contributed by atoms with Gasteiger partial charge in [0.2, 0.25) is 0 Å². The van der Waals surface area contributed by atoms with Crippen molar-refractivity contribution in [1.82, 2.24) is 0 Å². The molecular weight excluding hydrogens is 264 g/mol. The molecule has 4 nitrogen and oxygen atoms in total. The van der Waals surface area contributed by atoms with E-state index < -0.39 is 0 Å². The Morgan fingerprint density at radius 3 is 2.52 bits per heavy atom. The minimum absolute atomic E-state index is 0.408. The summed E-state index contributed by atoms with van der Waals surface area (Å²) < 4.78 is 11.1. The zero-order valence-electron chi connectivity index (χ0n) is 12.2. The first kappa shape index (κ1) is 14.9. The molecule has 0 saturated heterocycles. The molecule has 0 atom stereocenters. The molecule has 0 bridgehead atoms. The van der Waals surface area contributed by atoms with Crippen LogP contribution in [0.1, 0.15) is 22.3 Å². The molecule has 2 rings (SSSR count). The maximum absolute atomic E-state index is 8.88. The van der Waals surface area contributed by atoms with Crippen LogP contribution in [0.25, 0.3) is 0 Å². The summed E-state index contributed by atoms with van der Waals surface area (Å²) in [6.45, 7) is 2.80. The highest BCUT2D eigenvalue weighted by Crippen LogP contribution is 2.25. The number of nitrogens with two attached hydrogens (primary N) is 1. The van der Waals surface area contributed by atoms with Crippen molar-refractivity contribution < 1.29 is 9.47 Å². The Labute approximate surface area is 124 Å². The number of ether oxygens (including phenoxy) is 2. The number of methoxy groups -OCH3 is 1. The van der Waals surface area contributed by atoms with Crippen LogP contribution in [0.15, 0.2) is 36.4 Å². The van der Waals surface area contributed by atoms with E-state index in [4.69, 9.17) is 20.5 Å². The fourth-order valence-electron chi connectivity index (χ4n) is 2.05. The van der Waals surface area contributed by atoms with Crippen molar-refractivity contribution >= 4 is 0 Å². The largest absolute Gasteiger partial charge is 0.497 e. The average molecular weight is 282 g/mol. The van der Waals surface area contributed by atoms with Crippen LogP contribution in [0.3, 0.4) is 0 Å². The molecule has 2 aromatic carbocycles. The molecule has 0 aliphatic rings.